The first kappa shape index (κ1) is 12.8. The minimum atomic E-state index is -4.61. The van der Waals surface area contributed by atoms with Crippen LogP contribution >= 0.6 is 11.6 Å². The molecular formula is C9H7ClF3NO2. The summed E-state index contributed by atoms with van der Waals surface area (Å²) in [5.41, 5.74) is -1.25. The summed E-state index contributed by atoms with van der Waals surface area (Å²) in [6.45, 7) is 1.25. The molecule has 0 fully saturated rings. The molecule has 0 bridgehead atoms. The zero-order valence-corrected chi connectivity index (χ0v) is 8.80. The topological polar surface area (TPSA) is 50.2 Å². The van der Waals surface area contributed by atoms with Crippen molar-refractivity contribution in [3.8, 4) is 0 Å². The highest BCUT2D eigenvalue weighted by Crippen LogP contribution is 2.32. The van der Waals surface area contributed by atoms with E-state index >= 15 is 0 Å². The molecule has 1 unspecified atom stereocenters. The number of carboxylic acids is 1. The van der Waals surface area contributed by atoms with E-state index in [0.717, 1.165) is 6.20 Å². The highest BCUT2D eigenvalue weighted by Gasteiger charge is 2.33. The normalized spacial score (nSPS) is 13.6. The SMILES string of the molecule is CC(C(=O)O)c1cc(C(F)(F)F)ncc1Cl. The van der Waals surface area contributed by atoms with E-state index in [4.69, 9.17) is 16.7 Å². The summed E-state index contributed by atoms with van der Waals surface area (Å²) in [7, 11) is 0. The summed E-state index contributed by atoms with van der Waals surface area (Å²) in [4.78, 5) is 13.8. The average molecular weight is 254 g/mol. The lowest BCUT2D eigenvalue weighted by Gasteiger charge is -2.12. The van der Waals surface area contributed by atoms with Crippen molar-refractivity contribution in [2.75, 3.05) is 0 Å². The molecule has 0 aliphatic carbocycles. The number of rotatable bonds is 2. The summed E-state index contributed by atoms with van der Waals surface area (Å²) >= 11 is 5.59. The van der Waals surface area contributed by atoms with Gasteiger partial charge in [-0.1, -0.05) is 11.6 Å². The number of alkyl halides is 3. The third-order valence-corrected chi connectivity index (χ3v) is 2.33. The van der Waals surface area contributed by atoms with Gasteiger partial charge in [-0.2, -0.15) is 13.2 Å². The summed E-state index contributed by atoms with van der Waals surface area (Å²) in [6.07, 6.45) is -3.81. The second kappa shape index (κ2) is 4.29. The molecule has 1 rings (SSSR count). The van der Waals surface area contributed by atoms with Gasteiger partial charge in [-0.05, 0) is 18.6 Å². The third-order valence-electron chi connectivity index (χ3n) is 2.01. The summed E-state index contributed by atoms with van der Waals surface area (Å²) in [5.74, 6) is -2.36. The van der Waals surface area contributed by atoms with Gasteiger partial charge in [0.1, 0.15) is 5.69 Å². The molecule has 1 atom stereocenters. The van der Waals surface area contributed by atoms with Crippen molar-refractivity contribution in [2.45, 2.75) is 19.0 Å². The van der Waals surface area contributed by atoms with Crippen molar-refractivity contribution in [3.05, 3.63) is 28.5 Å². The number of aromatic nitrogens is 1. The van der Waals surface area contributed by atoms with Crippen molar-refractivity contribution in [2.24, 2.45) is 0 Å². The van der Waals surface area contributed by atoms with Crippen LogP contribution in [0.5, 0.6) is 0 Å². The van der Waals surface area contributed by atoms with E-state index in [1.165, 1.54) is 6.92 Å². The molecule has 16 heavy (non-hydrogen) atoms. The van der Waals surface area contributed by atoms with Gasteiger partial charge in [0.05, 0.1) is 10.9 Å². The first-order valence-corrected chi connectivity index (χ1v) is 4.56. The summed E-state index contributed by atoms with van der Waals surface area (Å²) < 4.78 is 36.9. The predicted molar refractivity (Wildman–Crippen MR) is 50.3 cm³/mol. The first-order chi connectivity index (χ1) is 7.23. The lowest BCUT2D eigenvalue weighted by atomic mass is 10.0. The van der Waals surface area contributed by atoms with Crippen molar-refractivity contribution in [1.82, 2.24) is 4.98 Å². The number of pyridine rings is 1. The van der Waals surface area contributed by atoms with Gasteiger partial charge in [-0.15, -0.1) is 0 Å². The number of nitrogens with zero attached hydrogens (tertiary/aromatic N) is 1. The van der Waals surface area contributed by atoms with Gasteiger partial charge in [-0.3, -0.25) is 9.78 Å². The maximum atomic E-state index is 12.3. The Balaban J connectivity index is 3.24. The van der Waals surface area contributed by atoms with Crippen molar-refractivity contribution < 1.29 is 23.1 Å². The zero-order valence-electron chi connectivity index (χ0n) is 8.05. The van der Waals surface area contributed by atoms with E-state index in [2.05, 4.69) is 4.98 Å². The largest absolute Gasteiger partial charge is 0.481 e. The molecule has 1 heterocycles. The van der Waals surface area contributed by atoms with Crippen LogP contribution in [0.4, 0.5) is 13.2 Å². The van der Waals surface area contributed by atoms with Crippen molar-refractivity contribution in [3.63, 3.8) is 0 Å². The molecule has 0 aliphatic heterocycles. The monoisotopic (exact) mass is 253 g/mol. The standard InChI is InChI=1S/C9H7ClF3NO2/c1-4(8(15)16)5-2-7(9(11,12)13)14-3-6(5)10/h2-4H,1H3,(H,15,16). The van der Waals surface area contributed by atoms with Crippen LogP contribution < -0.4 is 0 Å². The Kier molecular flexibility index (Phi) is 3.42. The number of carboxylic acid groups (broad SMARTS) is 1. The lowest BCUT2D eigenvalue weighted by Crippen LogP contribution is -2.13. The van der Waals surface area contributed by atoms with E-state index in [1.54, 1.807) is 0 Å². The van der Waals surface area contributed by atoms with Gasteiger partial charge < -0.3 is 5.11 Å². The van der Waals surface area contributed by atoms with Gasteiger partial charge >= 0.3 is 12.1 Å². The number of hydrogen-bond donors (Lipinski definition) is 1. The predicted octanol–water partition coefficient (Wildman–Crippen LogP) is 2.94. The molecule has 1 aromatic heterocycles. The van der Waals surface area contributed by atoms with Crippen molar-refractivity contribution >= 4 is 17.6 Å². The van der Waals surface area contributed by atoms with Gasteiger partial charge in [0.2, 0.25) is 0 Å². The van der Waals surface area contributed by atoms with Gasteiger partial charge in [0.25, 0.3) is 0 Å². The minimum Gasteiger partial charge on any atom is -0.481 e. The highest BCUT2D eigenvalue weighted by atomic mass is 35.5. The smallest absolute Gasteiger partial charge is 0.433 e. The molecule has 0 radical (unpaired) electrons. The number of halogens is 4. The Labute approximate surface area is 93.9 Å². The molecule has 0 saturated carbocycles. The van der Waals surface area contributed by atoms with Gasteiger partial charge in [0, 0.05) is 6.20 Å². The van der Waals surface area contributed by atoms with Crippen LogP contribution in [0.25, 0.3) is 0 Å². The fourth-order valence-corrected chi connectivity index (χ4v) is 1.34. The number of aliphatic carboxylic acids is 1. The van der Waals surface area contributed by atoms with Gasteiger partial charge in [-0.25, -0.2) is 0 Å². The molecule has 0 saturated heterocycles. The molecule has 0 aliphatic rings. The first-order valence-electron chi connectivity index (χ1n) is 4.19. The molecule has 0 spiro atoms. The van der Waals surface area contributed by atoms with Crippen LogP contribution in [0.1, 0.15) is 24.1 Å². The third kappa shape index (κ3) is 2.63. The van der Waals surface area contributed by atoms with Crippen LogP contribution in [0, 0.1) is 0 Å². The van der Waals surface area contributed by atoms with E-state index in [-0.39, 0.29) is 10.6 Å². The molecule has 7 heteroatoms. The van der Waals surface area contributed by atoms with E-state index < -0.39 is 23.8 Å². The van der Waals surface area contributed by atoms with Crippen LogP contribution in [-0.2, 0) is 11.0 Å². The Hall–Kier alpha value is -1.30. The number of carbonyl (C=O) groups is 1. The summed E-state index contributed by atoms with van der Waals surface area (Å²) in [6, 6.07) is 0.654. The second-order valence-electron chi connectivity index (χ2n) is 3.15. The summed E-state index contributed by atoms with van der Waals surface area (Å²) in [5, 5.41) is 8.60. The van der Waals surface area contributed by atoms with Crippen LogP contribution in [0.3, 0.4) is 0 Å². The lowest BCUT2D eigenvalue weighted by molar-refractivity contribution is -0.142. The number of hydrogen-bond acceptors (Lipinski definition) is 2. The zero-order chi connectivity index (χ0) is 12.5. The molecule has 3 nitrogen and oxygen atoms in total. The Morgan fingerprint density at radius 1 is 1.56 bits per heavy atom. The van der Waals surface area contributed by atoms with Gasteiger partial charge in [0.15, 0.2) is 0 Å². The molecular weight excluding hydrogens is 247 g/mol. The molecule has 0 aromatic carbocycles. The van der Waals surface area contributed by atoms with Crippen LogP contribution in [0.15, 0.2) is 12.3 Å². The molecule has 88 valence electrons. The maximum absolute atomic E-state index is 12.3. The average Bonchev–Trinajstić information content (AvgIpc) is 2.15. The molecule has 1 N–H and O–H groups in total. The van der Waals surface area contributed by atoms with E-state index in [1.807, 2.05) is 0 Å². The molecule has 0 amide bonds. The van der Waals surface area contributed by atoms with Crippen molar-refractivity contribution in [1.29, 1.82) is 0 Å². The minimum absolute atomic E-state index is 0.0945. The van der Waals surface area contributed by atoms with E-state index in [9.17, 15) is 18.0 Å². The maximum Gasteiger partial charge on any atom is 0.433 e. The van der Waals surface area contributed by atoms with Crippen LogP contribution in [-0.4, -0.2) is 16.1 Å². The quantitative estimate of drug-likeness (QED) is 0.882. The Bertz CT molecular complexity index is 420. The fourth-order valence-electron chi connectivity index (χ4n) is 1.07. The highest BCUT2D eigenvalue weighted by molar-refractivity contribution is 6.31. The Morgan fingerprint density at radius 2 is 2.12 bits per heavy atom. The molecule has 1 aromatic rings. The Morgan fingerprint density at radius 3 is 2.56 bits per heavy atom. The fraction of sp³-hybridized carbons (Fsp3) is 0.333. The van der Waals surface area contributed by atoms with E-state index in [0.29, 0.717) is 6.07 Å². The second-order valence-corrected chi connectivity index (χ2v) is 3.56. The van der Waals surface area contributed by atoms with Crippen LogP contribution in [0.2, 0.25) is 5.02 Å².